The van der Waals surface area contributed by atoms with Gasteiger partial charge in [0.2, 0.25) is 0 Å². The zero-order chi connectivity index (χ0) is 14.2. The van der Waals surface area contributed by atoms with Crippen LogP contribution in [0.5, 0.6) is 0 Å². The second-order valence-corrected chi connectivity index (χ2v) is 5.15. The molecule has 100 valence electrons. The van der Waals surface area contributed by atoms with Crippen LogP contribution in [0.3, 0.4) is 0 Å². The van der Waals surface area contributed by atoms with E-state index in [2.05, 4.69) is 15.9 Å². The molecule has 1 N–H and O–H groups in total. The molecule has 2 aromatic rings. The maximum Gasteiger partial charge on any atom is 0.433 e. The molecule has 6 heteroatoms. The second kappa shape index (κ2) is 5.14. The van der Waals surface area contributed by atoms with Gasteiger partial charge < -0.3 is 9.52 Å². The molecule has 0 aliphatic heterocycles. The first-order valence-electron chi connectivity index (χ1n) is 5.59. The first-order chi connectivity index (χ1) is 8.90. The number of halogens is 1. The van der Waals surface area contributed by atoms with Gasteiger partial charge in [-0.15, -0.1) is 0 Å². The van der Waals surface area contributed by atoms with E-state index in [0.29, 0.717) is 5.56 Å². The summed E-state index contributed by atoms with van der Waals surface area (Å²) in [6.45, 7) is 3.77. The lowest BCUT2D eigenvalue weighted by Crippen LogP contribution is -2.01. The van der Waals surface area contributed by atoms with Crippen molar-refractivity contribution < 1.29 is 14.4 Å². The van der Waals surface area contributed by atoms with Gasteiger partial charge in [-0.1, -0.05) is 22.0 Å². The molecule has 0 aliphatic rings. The van der Waals surface area contributed by atoms with Crippen molar-refractivity contribution >= 4 is 21.8 Å². The molecule has 0 bridgehead atoms. The molecular weight excluding hydrogens is 314 g/mol. The summed E-state index contributed by atoms with van der Waals surface area (Å²) in [5.74, 6) is -0.211. The monoisotopic (exact) mass is 325 g/mol. The molecule has 0 saturated carbocycles. The number of aliphatic hydroxyl groups excluding tert-OH is 1. The number of nitro groups is 1. The maximum atomic E-state index is 10.6. The van der Waals surface area contributed by atoms with Crippen LogP contribution < -0.4 is 0 Å². The summed E-state index contributed by atoms with van der Waals surface area (Å²) in [6.07, 6.45) is -1.01. The highest BCUT2D eigenvalue weighted by Crippen LogP contribution is 2.31. The molecule has 0 radical (unpaired) electrons. The van der Waals surface area contributed by atoms with Gasteiger partial charge in [0.1, 0.15) is 16.8 Å². The van der Waals surface area contributed by atoms with Gasteiger partial charge in [0, 0.05) is 4.47 Å². The van der Waals surface area contributed by atoms with Crippen LogP contribution in [0.2, 0.25) is 0 Å². The molecule has 1 heterocycles. The van der Waals surface area contributed by atoms with Gasteiger partial charge in [0.25, 0.3) is 0 Å². The highest BCUT2D eigenvalue weighted by atomic mass is 79.9. The van der Waals surface area contributed by atoms with Crippen LogP contribution in [0.25, 0.3) is 0 Å². The van der Waals surface area contributed by atoms with Crippen molar-refractivity contribution in [3.8, 4) is 0 Å². The summed E-state index contributed by atoms with van der Waals surface area (Å²) >= 11 is 3.41. The van der Waals surface area contributed by atoms with Gasteiger partial charge >= 0.3 is 5.88 Å². The van der Waals surface area contributed by atoms with Gasteiger partial charge in [-0.05, 0) is 42.7 Å². The lowest BCUT2D eigenvalue weighted by molar-refractivity contribution is -0.402. The van der Waals surface area contributed by atoms with E-state index in [1.54, 1.807) is 0 Å². The van der Waals surface area contributed by atoms with Crippen LogP contribution in [-0.4, -0.2) is 10.0 Å². The minimum Gasteiger partial charge on any atom is -0.403 e. The molecule has 0 fully saturated rings. The first-order valence-corrected chi connectivity index (χ1v) is 6.38. The molecule has 1 aromatic carbocycles. The number of benzene rings is 1. The Morgan fingerprint density at radius 3 is 2.58 bits per heavy atom. The van der Waals surface area contributed by atoms with E-state index >= 15 is 0 Å². The lowest BCUT2D eigenvalue weighted by atomic mass is 9.99. The van der Waals surface area contributed by atoms with Crippen molar-refractivity contribution in [3.63, 3.8) is 0 Å². The van der Waals surface area contributed by atoms with Crippen LogP contribution in [0.4, 0.5) is 5.88 Å². The summed E-state index contributed by atoms with van der Waals surface area (Å²) in [4.78, 5) is 9.93. The Morgan fingerprint density at radius 2 is 2.00 bits per heavy atom. The van der Waals surface area contributed by atoms with E-state index in [0.717, 1.165) is 15.6 Å². The molecule has 0 aliphatic carbocycles. The quantitative estimate of drug-likeness (QED) is 0.690. The predicted octanol–water partition coefficient (Wildman–Crippen LogP) is 3.65. The Hall–Kier alpha value is -1.66. The Bertz CT molecular complexity index is 636. The summed E-state index contributed by atoms with van der Waals surface area (Å²) in [5.41, 5.74) is 2.52. The summed E-state index contributed by atoms with van der Waals surface area (Å²) in [6, 6.07) is 6.38. The molecular formula is C13H12BrNO4. The van der Waals surface area contributed by atoms with Crippen molar-refractivity contribution in [3.05, 3.63) is 61.3 Å². The highest BCUT2D eigenvalue weighted by Gasteiger charge is 2.21. The molecule has 1 unspecified atom stereocenters. The normalized spacial score (nSPS) is 12.4. The third-order valence-corrected chi connectivity index (χ3v) is 3.76. The van der Waals surface area contributed by atoms with E-state index in [1.165, 1.54) is 12.1 Å². The van der Waals surface area contributed by atoms with Gasteiger partial charge in [0.05, 0.1) is 6.07 Å². The van der Waals surface area contributed by atoms with Crippen molar-refractivity contribution in [1.29, 1.82) is 0 Å². The number of hydrogen-bond donors (Lipinski definition) is 1. The summed E-state index contributed by atoms with van der Waals surface area (Å²) in [7, 11) is 0. The number of hydrogen-bond acceptors (Lipinski definition) is 4. The number of furan rings is 1. The number of aryl methyl sites for hydroxylation is 2. The minimum atomic E-state index is -1.01. The smallest absolute Gasteiger partial charge is 0.403 e. The van der Waals surface area contributed by atoms with Gasteiger partial charge in [-0.25, -0.2) is 0 Å². The van der Waals surface area contributed by atoms with Crippen molar-refractivity contribution in [2.75, 3.05) is 0 Å². The van der Waals surface area contributed by atoms with Crippen molar-refractivity contribution in [2.24, 2.45) is 0 Å². The van der Waals surface area contributed by atoms with E-state index in [9.17, 15) is 15.2 Å². The average molecular weight is 326 g/mol. The number of rotatable bonds is 3. The fraction of sp³-hybridized carbons (Fsp3) is 0.231. The number of nitrogens with zero attached hydrogens (tertiary/aromatic N) is 1. The fourth-order valence-corrected chi connectivity index (χ4v) is 2.30. The minimum absolute atomic E-state index is 0.163. The Morgan fingerprint density at radius 1 is 1.32 bits per heavy atom. The van der Waals surface area contributed by atoms with Gasteiger partial charge in [-0.2, -0.15) is 0 Å². The van der Waals surface area contributed by atoms with E-state index in [4.69, 9.17) is 4.42 Å². The van der Waals surface area contributed by atoms with Crippen LogP contribution in [0.1, 0.15) is 28.6 Å². The molecule has 0 amide bonds. The first kappa shape index (κ1) is 13.8. The van der Waals surface area contributed by atoms with Crippen molar-refractivity contribution in [2.45, 2.75) is 20.0 Å². The Labute approximate surface area is 118 Å². The SMILES string of the molecule is Cc1cc(C(O)c2ccc([N+](=O)[O-])o2)c(C)cc1Br. The van der Waals surface area contributed by atoms with Crippen LogP contribution >= 0.6 is 15.9 Å². The van der Waals surface area contributed by atoms with E-state index in [-0.39, 0.29) is 11.6 Å². The third-order valence-electron chi connectivity index (χ3n) is 2.90. The third kappa shape index (κ3) is 2.69. The van der Waals surface area contributed by atoms with Crippen LogP contribution in [0.15, 0.2) is 33.2 Å². The largest absolute Gasteiger partial charge is 0.433 e. The standard InChI is InChI=1S/C13H12BrNO4/c1-7-6-10(14)8(2)5-9(7)13(16)11-3-4-12(19-11)15(17)18/h3-6,13,16H,1-2H3. The molecule has 0 spiro atoms. The lowest BCUT2D eigenvalue weighted by Gasteiger charge is -2.13. The topological polar surface area (TPSA) is 76.5 Å². The zero-order valence-electron chi connectivity index (χ0n) is 10.4. The van der Waals surface area contributed by atoms with Crippen LogP contribution in [-0.2, 0) is 0 Å². The Balaban J connectivity index is 2.40. The molecule has 0 saturated heterocycles. The summed E-state index contributed by atoms with van der Waals surface area (Å²) in [5, 5.41) is 20.8. The molecule has 5 nitrogen and oxygen atoms in total. The zero-order valence-corrected chi connectivity index (χ0v) is 12.0. The average Bonchev–Trinajstić information content (AvgIpc) is 2.82. The van der Waals surface area contributed by atoms with E-state index in [1.807, 2.05) is 26.0 Å². The van der Waals surface area contributed by atoms with Gasteiger partial charge in [0.15, 0.2) is 0 Å². The second-order valence-electron chi connectivity index (χ2n) is 4.29. The summed E-state index contributed by atoms with van der Waals surface area (Å²) < 4.78 is 5.98. The molecule has 1 aromatic heterocycles. The molecule has 2 rings (SSSR count). The molecule has 1 atom stereocenters. The highest BCUT2D eigenvalue weighted by molar-refractivity contribution is 9.10. The Kier molecular flexibility index (Phi) is 3.73. The fourth-order valence-electron chi connectivity index (χ4n) is 1.84. The van der Waals surface area contributed by atoms with E-state index < -0.39 is 11.0 Å². The van der Waals surface area contributed by atoms with Crippen LogP contribution in [0, 0.1) is 24.0 Å². The maximum absolute atomic E-state index is 10.6. The number of aliphatic hydroxyl groups is 1. The predicted molar refractivity (Wildman–Crippen MR) is 73.0 cm³/mol. The van der Waals surface area contributed by atoms with Crippen molar-refractivity contribution in [1.82, 2.24) is 0 Å². The van der Waals surface area contributed by atoms with Gasteiger partial charge in [-0.3, -0.25) is 10.1 Å². The molecule has 19 heavy (non-hydrogen) atoms.